The molecule has 1 fully saturated rings. The zero-order valence-corrected chi connectivity index (χ0v) is 11.6. The summed E-state index contributed by atoms with van der Waals surface area (Å²) in [5.74, 6) is 1.14. The van der Waals surface area contributed by atoms with E-state index in [-0.39, 0.29) is 12.0 Å². The molecule has 19 heavy (non-hydrogen) atoms. The first-order chi connectivity index (χ1) is 9.40. The van der Waals surface area contributed by atoms with Crippen LogP contribution in [0.15, 0.2) is 29.9 Å². The van der Waals surface area contributed by atoms with Gasteiger partial charge in [-0.05, 0) is 24.3 Å². The second-order valence-corrected chi connectivity index (χ2v) is 6.02. The van der Waals surface area contributed by atoms with Crippen molar-refractivity contribution in [2.24, 2.45) is 5.92 Å². The largest absolute Gasteiger partial charge is 0.326 e. The first kappa shape index (κ1) is 12.4. The summed E-state index contributed by atoms with van der Waals surface area (Å²) >= 11 is 1.71. The number of aromatic nitrogens is 2. The van der Waals surface area contributed by atoms with Gasteiger partial charge >= 0.3 is 0 Å². The Morgan fingerprint density at radius 2 is 2.21 bits per heavy atom. The van der Waals surface area contributed by atoms with E-state index in [1.54, 1.807) is 11.3 Å². The SMILES string of the molecule is N#CC1CCCCCC1n1ccnc1-c1cccs1. The van der Waals surface area contributed by atoms with Crippen molar-refractivity contribution >= 4 is 11.3 Å². The normalized spacial score (nSPS) is 23.7. The lowest BCUT2D eigenvalue weighted by Gasteiger charge is -2.22. The summed E-state index contributed by atoms with van der Waals surface area (Å²) in [7, 11) is 0. The molecule has 3 nitrogen and oxygen atoms in total. The van der Waals surface area contributed by atoms with Crippen molar-refractivity contribution in [1.29, 1.82) is 5.26 Å². The molecule has 0 radical (unpaired) electrons. The Bertz CT molecular complexity index is 564. The number of nitrogens with zero attached hydrogens (tertiary/aromatic N) is 3. The van der Waals surface area contributed by atoms with Crippen LogP contribution in [0.2, 0.25) is 0 Å². The topological polar surface area (TPSA) is 41.6 Å². The van der Waals surface area contributed by atoms with Crippen LogP contribution in [0, 0.1) is 17.2 Å². The average molecular weight is 271 g/mol. The summed E-state index contributed by atoms with van der Waals surface area (Å²) in [6, 6.07) is 6.94. The van der Waals surface area contributed by atoms with Gasteiger partial charge in [0.15, 0.2) is 0 Å². The molecular formula is C15H17N3S. The highest BCUT2D eigenvalue weighted by Crippen LogP contribution is 2.35. The van der Waals surface area contributed by atoms with E-state index in [1.807, 2.05) is 18.5 Å². The minimum Gasteiger partial charge on any atom is -0.326 e. The fraction of sp³-hybridized carbons (Fsp3) is 0.467. The van der Waals surface area contributed by atoms with Crippen molar-refractivity contribution in [1.82, 2.24) is 9.55 Å². The summed E-state index contributed by atoms with van der Waals surface area (Å²) in [5.41, 5.74) is 0. The molecule has 98 valence electrons. The molecular weight excluding hydrogens is 254 g/mol. The van der Waals surface area contributed by atoms with E-state index in [0.29, 0.717) is 0 Å². The number of imidazole rings is 1. The van der Waals surface area contributed by atoms with Crippen LogP contribution < -0.4 is 0 Å². The molecule has 2 heterocycles. The lowest BCUT2D eigenvalue weighted by Crippen LogP contribution is -2.17. The van der Waals surface area contributed by atoms with Gasteiger partial charge in [0.05, 0.1) is 22.9 Å². The third-order valence-electron chi connectivity index (χ3n) is 3.91. The molecule has 0 N–H and O–H groups in total. The van der Waals surface area contributed by atoms with Gasteiger partial charge in [-0.3, -0.25) is 0 Å². The molecule has 2 aromatic rings. The van der Waals surface area contributed by atoms with Gasteiger partial charge in [-0.15, -0.1) is 11.3 Å². The van der Waals surface area contributed by atoms with Crippen molar-refractivity contribution < 1.29 is 0 Å². The third kappa shape index (κ3) is 2.43. The van der Waals surface area contributed by atoms with Crippen molar-refractivity contribution in [3.8, 4) is 16.8 Å². The lowest BCUT2D eigenvalue weighted by atomic mass is 9.96. The van der Waals surface area contributed by atoms with Gasteiger partial charge in [0.1, 0.15) is 5.82 Å². The summed E-state index contributed by atoms with van der Waals surface area (Å²) in [6.45, 7) is 0. The van der Waals surface area contributed by atoms with Crippen LogP contribution in [0.4, 0.5) is 0 Å². The molecule has 0 saturated heterocycles. The standard InChI is InChI=1S/C15H17N3S/c16-11-12-5-2-1-3-6-13(12)18-9-8-17-15(18)14-7-4-10-19-14/h4,7-10,12-13H,1-3,5-6H2. The van der Waals surface area contributed by atoms with E-state index in [0.717, 1.165) is 18.7 Å². The van der Waals surface area contributed by atoms with Crippen LogP contribution in [0.5, 0.6) is 0 Å². The van der Waals surface area contributed by atoms with E-state index in [2.05, 4.69) is 27.1 Å². The monoisotopic (exact) mass is 271 g/mol. The highest BCUT2D eigenvalue weighted by Gasteiger charge is 2.26. The van der Waals surface area contributed by atoms with E-state index < -0.39 is 0 Å². The minimum absolute atomic E-state index is 0.121. The van der Waals surface area contributed by atoms with Crippen molar-refractivity contribution in [2.75, 3.05) is 0 Å². The molecule has 1 aliphatic rings. The van der Waals surface area contributed by atoms with Gasteiger partial charge < -0.3 is 4.57 Å². The molecule has 2 unspecified atom stereocenters. The van der Waals surface area contributed by atoms with Gasteiger partial charge in [0, 0.05) is 12.4 Å². The molecule has 0 bridgehead atoms. The van der Waals surface area contributed by atoms with Gasteiger partial charge in [-0.1, -0.05) is 25.3 Å². The van der Waals surface area contributed by atoms with E-state index >= 15 is 0 Å². The maximum Gasteiger partial charge on any atom is 0.150 e. The second-order valence-electron chi connectivity index (χ2n) is 5.08. The molecule has 1 saturated carbocycles. The molecule has 2 atom stereocenters. The summed E-state index contributed by atoms with van der Waals surface area (Å²) < 4.78 is 2.23. The molecule has 0 spiro atoms. The van der Waals surface area contributed by atoms with Crippen molar-refractivity contribution in [3.05, 3.63) is 29.9 Å². The fourth-order valence-electron chi connectivity index (χ4n) is 2.95. The molecule has 3 rings (SSSR count). The Kier molecular flexibility index (Phi) is 3.65. The van der Waals surface area contributed by atoms with Crippen LogP contribution in [0.1, 0.15) is 38.1 Å². The van der Waals surface area contributed by atoms with E-state index in [4.69, 9.17) is 0 Å². The van der Waals surface area contributed by atoms with Crippen LogP contribution in [-0.4, -0.2) is 9.55 Å². The zero-order valence-electron chi connectivity index (χ0n) is 10.8. The minimum atomic E-state index is 0.121. The molecule has 4 heteroatoms. The Hall–Kier alpha value is -1.60. The number of rotatable bonds is 2. The Morgan fingerprint density at radius 3 is 3.00 bits per heavy atom. The van der Waals surface area contributed by atoms with Crippen LogP contribution in [-0.2, 0) is 0 Å². The predicted molar refractivity (Wildman–Crippen MR) is 76.8 cm³/mol. The Labute approximate surface area is 117 Å². The van der Waals surface area contributed by atoms with Crippen molar-refractivity contribution in [2.45, 2.75) is 38.1 Å². The number of nitriles is 1. The Balaban J connectivity index is 1.97. The van der Waals surface area contributed by atoms with Gasteiger partial charge in [0.2, 0.25) is 0 Å². The first-order valence-corrected chi connectivity index (χ1v) is 7.74. The predicted octanol–water partition coefficient (Wildman–Crippen LogP) is 4.26. The van der Waals surface area contributed by atoms with Gasteiger partial charge in [-0.2, -0.15) is 5.26 Å². The molecule has 2 aromatic heterocycles. The summed E-state index contributed by atoms with van der Waals surface area (Å²) in [4.78, 5) is 5.68. The smallest absolute Gasteiger partial charge is 0.150 e. The van der Waals surface area contributed by atoms with E-state index in [9.17, 15) is 5.26 Å². The fourth-order valence-corrected chi connectivity index (χ4v) is 3.67. The maximum absolute atomic E-state index is 9.43. The highest BCUT2D eigenvalue weighted by atomic mass is 32.1. The lowest BCUT2D eigenvalue weighted by molar-refractivity contribution is 0.376. The Morgan fingerprint density at radius 1 is 1.32 bits per heavy atom. The maximum atomic E-state index is 9.43. The van der Waals surface area contributed by atoms with Crippen LogP contribution in [0.25, 0.3) is 10.7 Å². The van der Waals surface area contributed by atoms with Crippen LogP contribution >= 0.6 is 11.3 Å². The molecule has 0 amide bonds. The number of thiophene rings is 1. The zero-order chi connectivity index (χ0) is 13.1. The highest BCUT2D eigenvalue weighted by molar-refractivity contribution is 7.13. The molecule has 1 aliphatic carbocycles. The first-order valence-electron chi connectivity index (χ1n) is 6.86. The van der Waals surface area contributed by atoms with E-state index in [1.165, 1.54) is 24.1 Å². The van der Waals surface area contributed by atoms with Gasteiger partial charge in [-0.25, -0.2) is 4.98 Å². The molecule has 0 aromatic carbocycles. The summed E-state index contributed by atoms with van der Waals surface area (Å²) in [6.07, 6.45) is 9.64. The third-order valence-corrected chi connectivity index (χ3v) is 4.78. The van der Waals surface area contributed by atoms with Crippen LogP contribution in [0.3, 0.4) is 0 Å². The number of hydrogen-bond acceptors (Lipinski definition) is 3. The second kappa shape index (κ2) is 5.58. The number of hydrogen-bond donors (Lipinski definition) is 0. The quantitative estimate of drug-likeness (QED) is 0.766. The van der Waals surface area contributed by atoms with Crippen molar-refractivity contribution in [3.63, 3.8) is 0 Å². The molecule has 0 aliphatic heterocycles. The van der Waals surface area contributed by atoms with Gasteiger partial charge in [0.25, 0.3) is 0 Å². The average Bonchev–Trinajstić information content (AvgIpc) is 3.05. The summed E-state index contributed by atoms with van der Waals surface area (Å²) in [5, 5.41) is 11.5.